The highest BCUT2D eigenvalue weighted by atomic mass is 32.4. The number of hydrogen-bond donors (Lipinski definition) is 0. The van der Waals surface area contributed by atoms with Gasteiger partial charge in [0.25, 0.3) is 0 Å². The second-order valence-corrected chi connectivity index (χ2v) is 14.9. The smallest absolute Gasteiger partial charge is 0.131 e. The van der Waals surface area contributed by atoms with E-state index in [-0.39, 0.29) is 0 Å². The lowest BCUT2D eigenvalue weighted by molar-refractivity contribution is 0.405. The van der Waals surface area contributed by atoms with Crippen LogP contribution in [0.25, 0.3) is 0 Å². The Morgan fingerprint density at radius 3 is 2.24 bits per heavy atom. The van der Waals surface area contributed by atoms with E-state index in [9.17, 15) is 0 Å². The maximum Gasteiger partial charge on any atom is 0.131 e. The summed E-state index contributed by atoms with van der Waals surface area (Å²) in [7, 11) is 0.371. The molecule has 3 heteroatoms. The summed E-state index contributed by atoms with van der Waals surface area (Å²) in [6, 6.07) is 6.42. The molecule has 0 aliphatic heterocycles. The van der Waals surface area contributed by atoms with E-state index in [1.165, 1.54) is 10.5 Å². The van der Waals surface area contributed by atoms with E-state index in [4.69, 9.17) is 4.74 Å². The largest absolute Gasteiger partial charge is 0.496 e. The van der Waals surface area contributed by atoms with Gasteiger partial charge >= 0.3 is 0 Å². The molecule has 0 heterocycles. The lowest BCUT2D eigenvalue weighted by Crippen LogP contribution is -2.33. The predicted molar refractivity (Wildman–Crippen MR) is 80.8 cm³/mol. The van der Waals surface area contributed by atoms with Crippen molar-refractivity contribution in [1.29, 1.82) is 0 Å². The first-order chi connectivity index (χ1) is 7.67. The summed E-state index contributed by atoms with van der Waals surface area (Å²) in [5.74, 6) is 1.01. The first kappa shape index (κ1) is 14.6. The van der Waals surface area contributed by atoms with Crippen molar-refractivity contribution in [1.82, 2.24) is 0 Å². The Morgan fingerprint density at radius 1 is 1.18 bits per heavy atom. The molecule has 0 radical (unpaired) electrons. The summed E-state index contributed by atoms with van der Waals surface area (Å²) in [6.07, 6.45) is 0. The monoisotopic (exact) mass is 268 g/mol. The topological polar surface area (TPSA) is 9.23 Å². The Morgan fingerprint density at radius 2 is 1.76 bits per heavy atom. The van der Waals surface area contributed by atoms with Gasteiger partial charge in [-0.25, -0.2) is 0 Å². The van der Waals surface area contributed by atoms with Gasteiger partial charge in [0.05, 0.1) is 7.11 Å². The molecule has 0 aliphatic rings. The van der Waals surface area contributed by atoms with Crippen LogP contribution in [0.2, 0.25) is 18.1 Å². The van der Waals surface area contributed by atoms with E-state index in [0.29, 0.717) is 5.04 Å². The normalized spacial score (nSPS) is 12.6. The van der Waals surface area contributed by atoms with Gasteiger partial charge in [-0.05, 0) is 29.7 Å². The molecule has 0 aliphatic carbocycles. The average Bonchev–Trinajstić information content (AvgIpc) is 2.15. The second-order valence-electron chi connectivity index (χ2n) is 6.02. The predicted octanol–water partition coefficient (Wildman–Crippen LogP) is 5.10. The standard InChI is InChI=1S/C14H24OSSi/c1-11-8-9-12(15-5)13(10-11)16-17(6,7)14(2,3)4/h8-10H,1-7H3. The first-order valence-corrected chi connectivity index (χ1v) is 10.5. The van der Waals surface area contributed by atoms with Crippen molar-refractivity contribution >= 4 is 18.4 Å². The number of methoxy groups -OCH3 is 1. The number of hydrogen-bond acceptors (Lipinski definition) is 2. The molecule has 0 spiro atoms. The van der Waals surface area contributed by atoms with Gasteiger partial charge in [0.1, 0.15) is 13.0 Å². The summed E-state index contributed by atoms with van der Waals surface area (Å²) in [5.41, 5.74) is 1.30. The number of benzene rings is 1. The third-order valence-corrected chi connectivity index (χ3v) is 12.2. The van der Waals surface area contributed by atoms with E-state index in [2.05, 4.69) is 59.0 Å². The minimum atomic E-state index is -1.38. The van der Waals surface area contributed by atoms with Crippen LogP contribution in [-0.2, 0) is 0 Å². The molecule has 0 unspecified atom stereocenters. The van der Waals surface area contributed by atoms with Crippen molar-refractivity contribution < 1.29 is 4.74 Å². The molecule has 0 bridgehead atoms. The second kappa shape index (κ2) is 5.07. The fourth-order valence-corrected chi connectivity index (χ4v) is 5.69. The Kier molecular flexibility index (Phi) is 4.36. The van der Waals surface area contributed by atoms with Gasteiger partial charge < -0.3 is 4.74 Å². The van der Waals surface area contributed by atoms with Gasteiger partial charge in [0, 0.05) is 4.90 Å². The molecular formula is C14H24OSSi. The highest BCUT2D eigenvalue weighted by Crippen LogP contribution is 2.48. The van der Waals surface area contributed by atoms with Crippen LogP contribution in [0, 0.1) is 6.92 Å². The number of aryl methyl sites for hydroxylation is 1. The maximum atomic E-state index is 5.46. The summed E-state index contributed by atoms with van der Waals surface area (Å²) in [6.45, 7) is 14.0. The van der Waals surface area contributed by atoms with Crippen LogP contribution in [0.5, 0.6) is 5.75 Å². The molecule has 0 fully saturated rings. The Bertz CT molecular complexity index is 394. The maximum absolute atomic E-state index is 5.46. The lowest BCUT2D eigenvalue weighted by atomic mass is 10.2. The SMILES string of the molecule is COc1ccc(C)cc1S[Si](C)(C)C(C)(C)C. The van der Waals surface area contributed by atoms with Crippen molar-refractivity contribution in [3.63, 3.8) is 0 Å². The molecule has 0 saturated heterocycles. The molecule has 1 aromatic rings. The molecular weight excluding hydrogens is 244 g/mol. The van der Waals surface area contributed by atoms with Crippen LogP contribution in [-0.4, -0.2) is 14.3 Å². The number of rotatable bonds is 3. The lowest BCUT2D eigenvalue weighted by Gasteiger charge is -2.36. The average molecular weight is 268 g/mol. The molecule has 0 aromatic heterocycles. The molecule has 0 saturated carbocycles. The summed E-state index contributed by atoms with van der Waals surface area (Å²) < 4.78 is 5.46. The zero-order chi connectivity index (χ0) is 13.3. The van der Waals surface area contributed by atoms with Gasteiger partial charge in [-0.15, -0.1) is 11.2 Å². The molecule has 1 rings (SSSR count). The van der Waals surface area contributed by atoms with E-state index >= 15 is 0 Å². The van der Waals surface area contributed by atoms with Gasteiger partial charge in [-0.2, -0.15) is 0 Å². The van der Waals surface area contributed by atoms with Gasteiger partial charge in [0.2, 0.25) is 0 Å². The van der Waals surface area contributed by atoms with Crippen molar-refractivity contribution in [2.45, 2.75) is 50.7 Å². The van der Waals surface area contributed by atoms with E-state index in [1.807, 2.05) is 11.2 Å². The Labute approximate surface area is 111 Å². The van der Waals surface area contributed by atoms with Crippen LogP contribution in [0.1, 0.15) is 26.3 Å². The van der Waals surface area contributed by atoms with Crippen LogP contribution < -0.4 is 4.74 Å². The first-order valence-electron chi connectivity index (χ1n) is 6.01. The van der Waals surface area contributed by atoms with Crippen LogP contribution >= 0.6 is 11.2 Å². The minimum Gasteiger partial charge on any atom is -0.496 e. The third-order valence-electron chi connectivity index (χ3n) is 3.49. The molecule has 17 heavy (non-hydrogen) atoms. The van der Waals surface area contributed by atoms with Crippen molar-refractivity contribution in [3.05, 3.63) is 23.8 Å². The molecule has 96 valence electrons. The molecule has 1 aromatic carbocycles. The van der Waals surface area contributed by atoms with Crippen LogP contribution in [0.3, 0.4) is 0 Å². The highest BCUT2D eigenvalue weighted by molar-refractivity contribution is 8.29. The minimum absolute atomic E-state index is 0.381. The fraction of sp³-hybridized carbons (Fsp3) is 0.571. The van der Waals surface area contributed by atoms with E-state index < -0.39 is 7.22 Å². The van der Waals surface area contributed by atoms with Crippen molar-refractivity contribution in [2.75, 3.05) is 7.11 Å². The molecule has 0 amide bonds. The molecule has 0 N–H and O–H groups in total. The van der Waals surface area contributed by atoms with E-state index in [1.54, 1.807) is 7.11 Å². The van der Waals surface area contributed by atoms with Crippen molar-refractivity contribution in [2.24, 2.45) is 0 Å². The molecule has 1 nitrogen and oxygen atoms in total. The van der Waals surface area contributed by atoms with E-state index in [0.717, 1.165) is 5.75 Å². The Hall–Kier alpha value is -0.413. The fourth-order valence-electron chi connectivity index (χ4n) is 1.29. The summed E-state index contributed by atoms with van der Waals surface area (Å²) in [5, 5.41) is 0.381. The third kappa shape index (κ3) is 3.52. The summed E-state index contributed by atoms with van der Waals surface area (Å²) in [4.78, 5) is 1.29. The van der Waals surface area contributed by atoms with Gasteiger partial charge in [0.15, 0.2) is 0 Å². The van der Waals surface area contributed by atoms with Gasteiger partial charge in [-0.1, -0.05) is 39.9 Å². The molecule has 0 atom stereocenters. The quantitative estimate of drug-likeness (QED) is 0.705. The van der Waals surface area contributed by atoms with Crippen molar-refractivity contribution in [3.8, 4) is 5.75 Å². The highest BCUT2D eigenvalue weighted by Gasteiger charge is 2.37. The zero-order valence-corrected chi connectivity index (χ0v) is 13.9. The van der Waals surface area contributed by atoms with Gasteiger partial charge in [-0.3, -0.25) is 0 Å². The van der Waals surface area contributed by atoms with Crippen LogP contribution in [0.15, 0.2) is 23.1 Å². The van der Waals surface area contributed by atoms with Crippen LogP contribution in [0.4, 0.5) is 0 Å². The zero-order valence-electron chi connectivity index (χ0n) is 12.0. The Balaban J connectivity index is 3.06. The number of ether oxygens (including phenoxy) is 1. The summed E-state index contributed by atoms with van der Waals surface area (Å²) >= 11 is 2.03.